The van der Waals surface area contributed by atoms with E-state index in [4.69, 9.17) is 4.74 Å². The molecule has 2 aliphatic rings. The molecule has 1 aromatic carbocycles. The van der Waals surface area contributed by atoms with Gasteiger partial charge in [0.15, 0.2) is 5.69 Å². The third-order valence-corrected chi connectivity index (χ3v) is 5.64. The lowest BCUT2D eigenvalue weighted by molar-refractivity contribution is -0.154. The molecule has 0 spiro atoms. The molecule has 0 bridgehead atoms. The van der Waals surface area contributed by atoms with E-state index in [0.29, 0.717) is 31.7 Å². The largest absolute Gasteiger partial charge is 0.481 e. The van der Waals surface area contributed by atoms with Crippen LogP contribution in [0, 0.1) is 5.41 Å². The summed E-state index contributed by atoms with van der Waals surface area (Å²) >= 11 is 0. The number of para-hydroxylation sites is 1. The second-order valence-electron chi connectivity index (χ2n) is 7.26. The molecule has 4 rings (SSSR count). The van der Waals surface area contributed by atoms with Gasteiger partial charge in [-0.2, -0.15) is 5.10 Å². The lowest BCUT2D eigenvalue weighted by Crippen LogP contribution is -2.46. The first-order valence-corrected chi connectivity index (χ1v) is 9.36. The van der Waals surface area contributed by atoms with E-state index in [2.05, 4.69) is 10.4 Å². The molecular formula is C20H23N3O4. The zero-order chi connectivity index (χ0) is 18.9. The van der Waals surface area contributed by atoms with Crippen molar-refractivity contribution in [1.29, 1.82) is 0 Å². The Kier molecular flexibility index (Phi) is 4.70. The number of amides is 1. The fourth-order valence-electron chi connectivity index (χ4n) is 3.96. The van der Waals surface area contributed by atoms with Crippen molar-refractivity contribution in [2.24, 2.45) is 5.41 Å². The van der Waals surface area contributed by atoms with Crippen LogP contribution in [0.4, 0.5) is 0 Å². The summed E-state index contributed by atoms with van der Waals surface area (Å²) in [5, 5.41) is 17.1. The van der Waals surface area contributed by atoms with Gasteiger partial charge in [-0.3, -0.25) is 9.59 Å². The van der Waals surface area contributed by atoms with Crippen molar-refractivity contribution in [3.63, 3.8) is 0 Å². The lowest BCUT2D eigenvalue weighted by Gasteiger charge is -2.33. The van der Waals surface area contributed by atoms with Gasteiger partial charge in [0.1, 0.15) is 0 Å². The van der Waals surface area contributed by atoms with E-state index in [0.717, 1.165) is 36.2 Å². The van der Waals surface area contributed by atoms with E-state index < -0.39 is 11.4 Å². The Morgan fingerprint density at radius 3 is 2.63 bits per heavy atom. The summed E-state index contributed by atoms with van der Waals surface area (Å²) in [6, 6.07) is 9.77. The summed E-state index contributed by atoms with van der Waals surface area (Å²) in [6.45, 7) is 0.901. The Labute approximate surface area is 157 Å². The smallest absolute Gasteiger partial charge is 0.311 e. The minimum Gasteiger partial charge on any atom is -0.481 e. The predicted molar refractivity (Wildman–Crippen MR) is 98.0 cm³/mol. The number of nitrogens with one attached hydrogen (secondary N) is 1. The molecule has 1 amide bonds. The van der Waals surface area contributed by atoms with E-state index in [1.807, 2.05) is 35.0 Å². The molecule has 27 heavy (non-hydrogen) atoms. The summed E-state index contributed by atoms with van der Waals surface area (Å²) < 4.78 is 7.13. The molecule has 1 saturated heterocycles. The number of ether oxygens (including phenoxy) is 1. The number of carboxylic acids is 1. The van der Waals surface area contributed by atoms with Crippen LogP contribution in [-0.4, -0.2) is 46.5 Å². The fraction of sp³-hybridized carbons (Fsp3) is 0.450. The molecule has 0 atom stereocenters. The molecule has 0 saturated carbocycles. The number of carbonyl (C=O) groups is 2. The van der Waals surface area contributed by atoms with E-state index >= 15 is 0 Å². The Morgan fingerprint density at radius 2 is 1.93 bits per heavy atom. The van der Waals surface area contributed by atoms with Gasteiger partial charge >= 0.3 is 5.97 Å². The van der Waals surface area contributed by atoms with E-state index in [1.165, 1.54) is 0 Å². The molecule has 2 aromatic rings. The molecule has 7 heteroatoms. The topological polar surface area (TPSA) is 93.5 Å². The molecule has 2 heterocycles. The normalized spacial score (nSPS) is 18.1. The SMILES string of the molecule is O=C(NCC1(C(=O)O)CCOCC1)c1nn(-c2ccccc2)c2c1CCC2. The van der Waals surface area contributed by atoms with Gasteiger partial charge in [-0.15, -0.1) is 0 Å². The van der Waals surface area contributed by atoms with Gasteiger partial charge in [0, 0.05) is 31.0 Å². The van der Waals surface area contributed by atoms with Crippen molar-refractivity contribution < 1.29 is 19.4 Å². The van der Waals surface area contributed by atoms with Gasteiger partial charge in [-0.25, -0.2) is 4.68 Å². The third kappa shape index (κ3) is 3.23. The standard InChI is InChI=1S/C20H23N3O4/c24-18(21-13-20(19(25)26)9-11-27-12-10-20)17-15-7-4-8-16(15)23(22-17)14-5-2-1-3-6-14/h1-3,5-6H,4,7-13H2,(H,21,24)(H,25,26). The molecule has 1 aliphatic carbocycles. The first kappa shape index (κ1) is 17.7. The molecule has 1 aromatic heterocycles. The number of rotatable bonds is 5. The van der Waals surface area contributed by atoms with Crippen LogP contribution in [0.1, 0.15) is 41.0 Å². The third-order valence-electron chi connectivity index (χ3n) is 5.64. The molecule has 1 aliphatic heterocycles. The lowest BCUT2D eigenvalue weighted by atomic mass is 9.80. The quantitative estimate of drug-likeness (QED) is 0.840. The number of hydrogen-bond acceptors (Lipinski definition) is 4. The highest BCUT2D eigenvalue weighted by molar-refractivity contribution is 5.94. The number of carboxylic acid groups (broad SMARTS) is 1. The van der Waals surface area contributed by atoms with Gasteiger partial charge in [0.25, 0.3) is 5.91 Å². The Bertz CT molecular complexity index is 854. The van der Waals surface area contributed by atoms with E-state index in [9.17, 15) is 14.7 Å². The van der Waals surface area contributed by atoms with Crippen LogP contribution < -0.4 is 5.32 Å². The van der Waals surface area contributed by atoms with Gasteiger partial charge in [-0.05, 0) is 44.2 Å². The minimum absolute atomic E-state index is 0.0947. The Morgan fingerprint density at radius 1 is 1.19 bits per heavy atom. The number of aliphatic carboxylic acids is 1. The van der Waals surface area contributed by atoms with Crippen LogP contribution in [0.15, 0.2) is 30.3 Å². The Balaban J connectivity index is 1.57. The van der Waals surface area contributed by atoms with Crippen molar-refractivity contribution in [1.82, 2.24) is 15.1 Å². The maximum atomic E-state index is 12.8. The molecule has 142 valence electrons. The van der Waals surface area contributed by atoms with Crippen molar-refractivity contribution in [2.75, 3.05) is 19.8 Å². The zero-order valence-electron chi connectivity index (χ0n) is 15.1. The van der Waals surface area contributed by atoms with Crippen LogP contribution in [-0.2, 0) is 22.4 Å². The van der Waals surface area contributed by atoms with Gasteiger partial charge in [-0.1, -0.05) is 18.2 Å². The summed E-state index contributed by atoms with van der Waals surface area (Å²) in [5.74, 6) is -1.18. The van der Waals surface area contributed by atoms with Crippen molar-refractivity contribution in [3.05, 3.63) is 47.3 Å². The average molecular weight is 369 g/mol. The highest BCUT2D eigenvalue weighted by Crippen LogP contribution is 2.31. The summed E-state index contributed by atoms with van der Waals surface area (Å²) in [4.78, 5) is 24.6. The highest BCUT2D eigenvalue weighted by atomic mass is 16.5. The summed E-state index contributed by atoms with van der Waals surface area (Å²) in [5.41, 5.74) is 2.44. The molecule has 0 radical (unpaired) electrons. The monoisotopic (exact) mass is 369 g/mol. The number of nitrogens with zero attached hydrogens (tertiary/aromatic N) is 2. The summed E-state index contributed by atoms with van der Waals surface area (Å²) in [6.07, 6.45) is 3.51. The highest BCUT2D eigenvalue weighted by Gasteiger charge is 2.41. The Hall–Kier alpha value is -2.67. The second-order valence-corrected chi connectivity index (χ2v) is 7.26. The minimum atomic E-state index is -0.959. The van der Waals surface area contributed by atoms with Gasteiger partial charge < -0.3 is 15.2 Å². The van der Waals surface area contributed by atoms with Crippen LogP contribution in [0.25, 0.3) is 5.69 Å². The molecule has 2 N–H and O–H groups in total. The van der Waals surface area contributed by atoms with Crippen molar-refractivity contribution in [2.45, 2.75) is 32.1 Å². The van der Waals surface area contributed by atoms with Crippen LogP contribution >= 0.6 is 0 Å². The molecule has 7 nitrogen and oxygen atoms in total. The summed E-state index contributed by atoms with van der Waals surface area (Å²) in [7, 11) is 0. The van der Waals surface area contributed by atoms with Gasteiger partial charge in [0.2, 0.25) is 0 Å². The second kappa shape index (κ2) is 7.15. The van der Waals surface area contributed by atoms with Crippen molar-refractivity contribution >= 4 is 11.9 Å². The number of fused-ring (bicyclic) bond motifs is 1. The number of carbonyl (C=O) groups excluding carboxylic acids is 1. The predicted octanol–water partition coefficient (Wildman–Crippen LogP) is 1.97. The molecular weight excluding hydrogens is 346 g/mol. The maximum absolute atomic E-state index is 12.8. The zero-order valence-corrected chi connectivity index (χ0v) is 15.1. The van der Waals surface area contributed by atoms with Crippen molar-refractivity contribution in [3.8, 4) is 5.69 Å². The molecule has 1 fully saturated rings. The first-order chi connectivity index (χ1) is 13.1. The number of benzene rings is 1. The van der Waals surface area contributed by atoms with Gasteiger partial charge in [0.05, 0.1) is 11.1 Å². The number of hydrogen-bond donors (Lipinski definition) is 2. The van der Waals surface area contributed by atoms with Crippen LogP contribution in [0.2, 0.25) is 0 Å². The van der Waals surface area contributed by atoms with E-state index in [-0.39, 0.29) is 12.5 Å². The van der Waals surface area contributed by atoms with Crippen LogP contribution in [0.5, 0.6) is 0 Å². The number of aromatic nitrogens is 2. The molecule has 0 unspecified atom stereocenters. The average Bonchev–Trinajstić information content (AvgIpc) is 3.30. The first-order valence-electron chi connectivity index (χ1n) is 9.36. The van der Waals surface area contributed by atoms with E-state index in [1.54, 1.807) is 0 Å². The maximum Gasteiger partial charge on any atom is 0.311 e. The van der Waals surface area contributed by atoms with Crippen LogP contribution in [0.3, 0.4) is 0 Å². The fourth-order valence-corrected chi connectivity index (χ4v) is 3.96.